The normalized spacial score (nSPS) is 10.8. The highest BCUT2D eigenvalue weighted by atomic mass is 35.5. The van der Waals surface area contributed by atoms with E-state index < -0.39 is 0 Å². The van der Waals surface area contributed by atoms with Crippen molar-refractivity contribution in [3.8, 4) is 5.75 Å². The predicted molar refractivity (Wildman–Crippen MR) is 76.8 cm³/mol. The molecule has 6 heteroatoms. The average molecular weight is 296 g/mol. The van der Waals surface area contributed by atoms with Crippen LogP contribution in [-0.4, -0.2) is 16.7 Å². The number of ether oxygens (including phenoxy) is 1. The van der Waals surface area contributed by atoms with Gasteiger partial charge in [0.15, 0.2) is 12.4 Å². The number of rotatable bonds is 7. The van der Waals surface area contributed by atoms with Crippen LogP contribution in [0.5, 0.6) is 5.75 Å². The molecule has 1 heterocycles. The Hall–Kier alpha value is -1.59. The van der Waals surface area contributed by atoms with Gasteiger partial charge in [0.05, 0.1) is 5.02 Å². The molecule has 0 spiro atoms. The fraction of sp³-hybridized carbons (Fsp3) is 0.429. The highest BCUT2D eigenvalue weighted by molar-refractivity contribution is 6.32. The Bertz CT molecular complexity index is 557. The zero-order chi connectivity index (χ0) is 14.4. The minimum atomic E-state index is 0.215. The van der Waals surface area contributed by atoms with Crippen molar-refractivity contribution in [2.45, 2.75) is 32.8 Å². The first-order chi connectivity index (χ1) is 9.72. The van der Waals surface area contributed by atoms with Crippen LogP contribution in [-0.2, 0) is 19.4 Å². The molecule has 2 rings (SSSR count). The van der Waals surface area contributed by atoms with Gasteiger partial charge < -0.3 is 15.0 Å². The van der Waals surface area contributed by atoms with Crippen LogP contribution in [0.15, 0.2) is 22.7 Å². The summed E-state index contributed by atoms with van der Waals surface area (Å²) in [6.07, 6.45) is 2.58. The smallest absolute Gasteiger partial charge is 0.264 e. The second-order valence-electron chi connectivity index (χ2n) is 4.45. The third kappa shape index (κ3) is 3.95. The summed E-state index contributed by atoms with van der Waals surface area (Å²) in [6, 6.07) is 5.64. The summed E-state index contributed by atoms with van der Waals surface area (Å²) in [4.78, 5) is 4.23. The van der Waals surface area contributed by atoms with Crippen molar-refractivity contribution in [2.75, 3.05) is 6.54 Å². The molecule has 2 aromatic rings. The van der Waals surface area contributed by atoms with Gasteiger partial charge in [-0.3, -0.25) is 0 Å². The summed E-state index contributed by atoms with van der Waals surface area (Å²) in [5.41, 5.74) is 6.60. The van der Waals surface area contributed by atoms with Gasteiger partial charge in [0.25, 0.3) is 5.89 Å². The number of aryl methyl sites for hydroxylation is 1. The van der Waals surface area contributed by atoms with Crippen LogP contribution in [0.4, 0.5) is 0 Å². The van der Waals surface area contributed by atoms with Crippen LogP contribution < -0.4 is 10.5 Å². The van der Waals surface area contributed by atoms with E-state index in [1.54, 1.807) is 0 Å². The quantitative estimate of drug-likeness (QED) is 0.850. The Morgan fingerprint density at radius 3 is 2.90 bits per heavy atom. The average Bonchev–Trinajstić information content (AvgIpc) is 2.86. The molecule has 0 fully saturated rings. The van der Waals surface area contributed by atoms with Crippen LogP contribution in [0.1, 0.15) is 30.6 Å². The van der Waals surface area contributed by atoms with Crippen molar-refractivity contribution in [2.24, 2.45) is 5.73 Å². The van der Waals surface area contributed by atoms with Crippen molar-refractivity contribution in [3.05, 3.63) is 40.5 Å². The second-order valence-corrected chi connectivity index (χ2v) is 4.85. The number of nitrogens with two attached hydrogens (primary N) is 1. The van der Waals surface area contributed by atoms with Crippen molar-refractivity contribution in [3.63, 3.8) is 0 Å². The van der Waals surface area contributed by atoms with Gasteiger partial charge in [-0.05, 0) is 37.1 Å². The van der Waals surface area contributed by atoms with Crippen molar-refractivity contribution < 1.29 is 9.26 Å². The Morgan fingerprint density at radius 1 is 1.35 bits per heavy atom. The number of halogens is 1. The second kappa shape index (κ2) is 7.26. The van der Waals surface area contributed by atoms with E-state index in [1.165, 1.54) is 0 Å². The lowest BCUT2D eigenvalue weighted by Gasteiger charge is -2.07. The van der Waals surface area contributed by atoms with Gasteiger partial charge in [-0.25, -0.2) is 0 Å². The SMILES string of the molecule is CCCc1noc(COc2ccc(CCN)cc2Cl)n1. The molecular weight excluding hydrogens is 278 g/mol. The van der Waals surface area contributed by atoms with Gasteiger partial charge >= 0.3 is 0 Å². The Morgan fingerprint density at radius 2 is 2.20 bits per heavy atom. The summed E-state index contributed by atoms with van der Waals surface area (Å²) in [5, 5.41) is 4.43. The first-order valence-corrected chi connectivity index (χ1v) is 7.03. The summed E-state index contributed by atoms with van der Waals surface area (Å²) in [7, 11) is 0. The molecule has 20 heavy (non-hydrogen) atoms. The van der Waals surface area contributed by atoms with Gasteiger partial charge in [0.1, 0.15) is 5.75 Å². The van der Waals surface area contributed by atoms with E-state index in [4.69, 9.17) is 26.6 Å². The van der Waals surface area contributed by atoms with Gasteiger partial charge in [-0.15, -0.1) is 0 Å². The van der Waals surface area contributed by atoms with Crippen molar-refractivity contribution >= 4 is 11.6 Å². The maximum absolute atomic E-state index is 6.15. The van der Waals surface area contributed by atoms with E-state index in [0.717, 1.165) is 24.8 Å². The molecule has 0 unspecified atom stereocenters. The fourth-order valence-corrected chi connectivity index (χ4v) is 2.05. The largest absolute Gasteiger partial charge is 0.482 e. The number of hydrogen-bond donors (Lipinski definition) is 1. The highest BCUT2D eigenvalue weighted by Crippen LogP contribution is 2.26. The summed E-state index contributed by atoms with van der Waals surface area (Å²) in [5.74, 6) is 1.76. The summed E-state index contributed by atoms with van der Waals surface area (Å²) < 4.78 is 10.7. The lowest BCUT2D eigenvalue weighted by atomic mass is 10.1. The Labute approximate surface area is 123 Å². The lowest BCUT2D eigenvalue weighted by Crippen LogP contribution is -2.03. The zero-order valence-electron chi connectivity index (χ0n) is 11.4. The molecule has 0 aliphatic heterocycles. The van der Waals surface area contributed by atoms with Crippen molar-refractivity contribution in [1.29, 1.82) is 0 Å². The molecule has 108 valence electrons. The van der Waals surface area contributed by atoms with E-state index >= 15 is 0 Å². The Balaban J connectivity index is 1.95. The monoisotopic (exact) mass is 295 g/mol. The molecule has 2 N–H and O–H groups in total. The van der Waals surface area contributed by atoms with E-state index in [-0.39, 0.29) is 6.61 Å². The molecule has 0 aliphatic carbocycles. The third-order valence-electron chi connectivity index (χ3n) is 2.76. The number of hydrogen-bond acceptors (Lipinski definition) is 5. The third-order valence-corrected chi connectivity index (χ3v) is 3.06. The van der Waals surface area contributed by atoms with Crippen LogP contribution in [0.25, 0.3) is 0 Å². The number of benzene rings is 1. The molecule has 5 nitrogen and oxygen atoms in total. The minimum absolute atomic E-state index is 0.215. The number of aromatic nitrogens is 2. The van der Waals surface area contributed by atoms with E-state index in [9.17, 15) is 0 Å². The van der Waals surface area contributed by atoms with Gasteiger partial charge in [-0.2, -0.15) is 4.98 Å². The van der Waals surface area contributed by atoms with Gasteiger partial charge in [-0.1, -0.05) is 29.7 Å². The summed E-state index contributed by atoms with van der Waals surface area (Å²) >= 11 is 6.15. The maximum Gasteiger partial charge on any atom is 0.264 e. The molecule has 0 bridgehead atoms. The fourth-order valence-electron chi connectivity index (χ4n) is 1.80. The first kappa shape index (κ1) is 14.8. The molecule has 0 saturated heterocycles. The van der Waals surface area contributed by atoms with Gasteiger partial charge in [0.2, 0.25) is 0 Å². The molecule has 0 saturated carbocycles. The molecule has 0 aliphatic rings. The first-order valence-electron chi connectivity index (χ1n) is 6.65. The Kier molecular flexibility index (Phi) is 5.38. The minimum Gasteiger partial charge on any atom is -0.482 e. The number of nitrogens with zero attached hydrogens (tertiary/aromatic N) is 2. The summed E-state index contributed by atoms with van der Waals surface area (Å²) in [6.45, 7) is 2.88. The predicted octanol–water partition coefficient (Wildman–Crippen LogP) is 2.76. The molecule has 0 radical (unpaired) electrons. The zero-order valence-corrected chi connectivity index (χ0v) is 12.2. The van der Waals surface area contributed by atoms with Gasteiger partial charge in [0, 0.05) is 6.42 Å². The van der Waals surface area contributed by atoms with Crippen LogP contribution in [0, 0.1) is 0 Å². The van der Waals surface area contributed by atoms with Crippen LogP contribution >= 0.6 is 11.6 Å². The molecule has 1 aromatic carbocycles. The van der Waals surface area contributed by atoms with E-state index in [2.05, 4.69) is 17.1 Å². The maximum atomic E-state index is 6.15. The van der Waals surface area contributed by atoms with E-state index in [0.29, 0.717) is 29.0 Å². The molecule has 1 aromatic heterocycles. The topological polar surface area (TPSA) is 74.2 Å². The molecule has 0 atom stereocenters. The highest BCUT2D eigenvalue weighted by Gasteiger charge is 2.08. The van der Waals surface area contributed by atoms with Crippen molar-refractivity contribution in [1.82, 2.24) is 10.1 Å². The van der Waals surface area contributed by atoms with E-state index in [1.807, 2.05) is 18.2 Å². The molecule has 0 amide bonds. The lowest BCUT2D eigenvalue weighted by molar-refractivity contribution is 0.242. The molecular formula is C14H18ClN3O2. The standard InChI is InChI=1S/C14H18ClN3O2/c1-2-3-13-17-14(20-18-13)9-19-12-5-4-10(6-7-16)8-11(12)15/h4-5,8H,2-3,6-7,9,16H2,1H3. The van der Waals surface area contributed by atoms with Crippen LogP contribution in [0.2, 0.25) is 5.02 Å². The van der Waals surface area contributed by atoms with Crippen LogP contribution in [0.3, 0.4) is 0 Å².